The van der Waals surface area contributed by atoms with E-state index in [1.54, 1.807) is 0 Å². The van der Waals surface area contributed by atoms with Crippen LogP contribution < -0.4 is 0 Å². The second-order valence-electron chi connectivity index (χ2n) is 4.51. The number of alkyl halides is 1. The lowest BCUT2D eigenvalue weighted by Gasteiger charge is -2.07. The van der Waals surface area contributed by atoms with Gasteiger partial charge < -0.3 is 0 Å². The third-order valence-corrected chi connectivity index (χ3v) is 4.14. The van der Waals surface area contributed by atoms with Crippen LogP contribution in [0.5, 0.6) is 0 Å². The zero-order chi connectivity index (χ0) is 12.3. The van der Waals surface area contributed by atoms with E-state index in [0.29, 0.717) is 10.0 Å². The van der Waals surface area contributed by atoms with Gasteiger partial charge in [0.25, 0.3) is 0 Å². The Balaban J connectivity index is 2.11. The molecule has 1 aliphatic carbocycles. The van der Waals surface area contributed by atoms with Gasteiger partial charge in [0.2, 0.25) is 0 Å². The van der Waals surface area contributed by atoms with Gasteiger partial charge in [-0.25, -0.2) is 0 Å². The standard InChI is InChI=1S/C14H15Cl3/c15-12-4-2-1-3-10(8-12)7-11-5-6-13(16)14(17)9-11/h5-6,8-9,12H,1-4,7H2. The van der Waals surface area contributed by atoms with Gasteiger partial charge in [0, 0.05) is 0 Å². The largest absolute Gasteiger partial charge is 0.118 e. The summed E-state index contributed by atoms with van der Waals surface area (Å²) in [5.41, 5.74) is 2.62. The molecule has 0 saturated carbocycles. The molecule has 0 bridgehead atoms. The van der Waals surface area contributed by atoms with Gasteiger partial charge in [-0.15, -0.1) is 11.6 Å². The summed E-state index contributed by atoms with van der Waals surface area (Å²) < 4.78 is 0. The van der Waals surface area contributed by atoms with Gasteiger partial charge in [-0.05, 0) is 43.4 Å². The highest BCUT2D eigenvalue weighted by Gasteiger charge is 2.10. The molecule has 17 heavy (non-hydrogen) atoms. The van der Waals surface area contributed by atoms with E-state index in [1.165, 1.54) is 24.0 Å². The molecule has 0 heterocycles. The average Bonchev–Trinajstić information content (AvgIpc) is 2.48. The lowest BCUT2D eigenvalue weighted by atomic mass is 10.0. The highest BCUT2D eigenvalue weighted by atomic mass is 35.5. The van der Waals surface area contributed by atoms with Crippen LogP contribution in [0.2, 0.25) is 10.0 Å². The van der Waals surface area contributed by atoms with Gasteiger partial charge in [-0.3, -0.25) is 0 Å². The van der Waals surface area contributed by atoms with Crippen molar-refractivity contribution in [3.8, 4) is 0 Å². The maximum Gasteiger partial charge on any atom is 0.0595 e. The number of benzene rings is 1. The summed E-state index contributed by atoms with van der Waals surface area (Å²) in [6, 6.07) is 5.83. The van der Waals surface area contributed by atoms with Crippen molar-refractivity contribution >= 4 is 34.8 Å². The molecule has 1 aromatic rings. The molecule has 0 spiro atoms. The van der Waals surface area contributed by atoms with E-state index in [2.05, 4.69) is 6.08 Å². The van der Waals surface area contributed by atoms with E-state index in [0.717, 1.165) is 19.3 Å². The van der Waals surface area contributed by atoms with E-state index in [-0.39, 0.29) is 5.38 Å². The van der Waals surface area contributed by atoms with Crippen LogP contribution >= 0.6 is 34.8 Å². The predicted molar refractivity (Wildman–Crippen MR) is 76.4 cm³/mol. The van der Waals surface area contributed by atoms with Crippen LogP contribution in [0.4, 0.5) is 0 Å². The quantitative estimate of drug-likeness (QED) is 0.488. The Kier molecular flexibility index (Phi) is 4.78. The summed E-state index contributed by atoms with van der Waals surface area (Å²) >= 11 is 18.1. The molecule has 0 saturated heterocycles. The molecule has 0 aliphatic heterocycles. The summed E-state index contributed by atoms with van der Waals surface area (Å²) in [6.07, 6.45) is 7.82. The van der Waals surface area contributed by atoms with Crippen LogP contribution in [-0.4, -0.2) is 5.38 Å². The molecular weight excluding hydrogens is 275 g/mol. The minimum Gasteiger partial charge on any atom is -0.118 e. The van der Waals surface area contributed by atoms with Crippen LogP contribution in [0.25, 0.3) is 0 Å². The molecule has 1 aromatic carbocycles. The van der Waals surface area contributed by atoms with Gasteiger partial charge in [0.1, 0.15) is 0 Å². The summed E-state index contributed by atoms with van der Waals surface area (Å²) in [5.74, 6) is 0. The molecule has 1 atom stereocenters. The molecule has 1 unspecified atom stereocenters. The van der Waals surface area contributed by atoms with E-state index >= 15 is 0 Å². The normalized spacial score (nSPS) is 20.9. The van der Waals surface area contributed by atoms with Crippen molar-refractivity contribution in [2.75, 3.05) is 0 Å². The molecular formula is C14H15Cl3. The minimum absolute atomic E-state index is 0.190. The maximum absolute atomic E-state index is 6.21. The Labute approximate surface area is 118 Å². The molecule has 2 rings (SSSR count). The van der Waals surface area contributed by atoms with E-state index in [1.807, 2.05) is 18.2 Å². The lowest BCUT2D eigenvalue weighted by Crippen LogP contribution is -1.94. The SMILES string of the molecule is Clc1ccc(CC2=CC(Cl)CCCC2)cc1Cl. The molecule has 0 fully saturated rings. The summed E-state index contributed by atoms with van der Waals surface area (Å²) in [5, 5.41) is 1.43. The Hall–Kier alpha value is -0.170. The fourth-order valence-electron chi connectivity index (χ4n) is 2.17. The van der Waals surface area contributed by atoms with Crippen LogP contribution in [0, 0.1) is 0 Å². The van der Waals surface area contributed by atoms with E-state index in [9.17, 15) is 0 Å². The number of hydrogen-bond acceptors (Lipinski definition) is 0. The van der Waals surface area contributed by atoms with Crippen LogP contribution in [-0.2, 0) is 6.42 Å². The van der Waals surface area contributed by atoms with Crippen LogP contribution in [0.1, 0.15) is 31.2 Å². The van der Waals surface area contributed by atoms with Gasteiger partial charge in [-0.1, -0.05) is 47.3 Å². The second-order valence-corrected chi connectivity index (χ2v) is 5.89. The van der Waals surface area contributed by atoms with Crippen molar-refractivity contribution in [2.45, 2.75) is 37.5 Å². The van der Waals surface area contributed by atoms with Gasteiger partial charge in [0.15, 0.2) is 0 Å². The van der Waals surface area contributed by atoms with Crippen molar-refractivity contribution in [2.24, 2.45) is 0 Å². The Morgan fingerprint density at radius 2 is 1.94 bits per heavy atom. The third-order valence-electron chi connectivity index (χ3n) is 3.06. The third kappa shape index (κ3) is 3.91. The summed E-state index contributed by atoms with van der Waals surface area (Å²) in [6.45, 7) is 0. The zero-order valence-corrected chi connectivity index (χ0v) is 11.8. The number of hydrogen-bond donors (Lipinski definition) is 0. The van der Waals surface area contributed by atoms with Crippen molar-refractivity contribution in [3.63, 3.8) is 0 Å². The maximum atomic E-state index is 6.21. The molecule has 3 heteroatoms. The first-order valence-electron chi connectivity index (χ1n) is 5.93. The summed E-state index contributed by atoms with van der Waals surface area (Å²) in [4.78, 5) is 0. The molecule has 92 valence electrons. The minimum atomic E-state index is 0.190. The van der Waals surface area contributed by atoms with Crippen molar-refractivity contribution in [1.29, 1.82) is 0 Å². The summed E-state index contributed by atoms with van der Waals surface area (Å²) in [7, 11) is 0. The first-order chi connectivity index (χ1) is 8.15. The van der Waals surface area contributed by atoms with Crippen molar-refractivity contribution in [3.05, 3.63) is 45.5 Å². The fourth-order valence-corrected chi connectivity index (χ4v) is 2.83. The Morgan fingerprint density at radius 1 is 1.12 bits per heavy atom. The Bertz CT molecular complexity index is 423. The smallest absolute Gasteiger partial charge is 0.0595 e. The molecule has 0 radical (unpaired) electrons. The van der Waals surface area contributed by atoms with Gasteiger partial charge in [0.05, 0.1) is 15.4 Å². The Morgan fingerprint density at radius 3 is 2.71 bits per heavy atom. The second kappa shape index (κ2) is 6.13. The van der Waals surface area contributed by atoms with E-state index in [4.69, 9.17) is 34.8 Å². The molecule has 0 aromatic heterocycles. The highest BCUT2D eigenvalue weighted by molar-refractivity contribution is 6.42. The zero-order valence-electron chi connectivity index (χ0n) is 9.56. The molecule has 0 N–H and O–H groups in total. The predicted octanol–water partition coefficient (Wildman–Crippen LogP) is 5.64. The number of allylic oxidation sites excluding steroid dienone is 2. The number of rotatable bonds is 2. The monoisotopic (exact) mass is 288 g/mol. The first kappa shape index (κ1) is 13.3. The van der Waals surface area contributed by atoms with Gasteiger partial charge >= 0.3 is 0 Å². The first-order valence-corrected chi connectivity index (χ1v) is 7.12. The average molecular weight is 290 g/mol. The van der Waals surface area contributed by atoms with E-state index < -0.39 is 0 Å². The molecule has 0 amide bonds. The van der Waals surface area contributed by atoms with Crippen LogP contribution in [0.3, 0.4) is 0 Å². The van der Waals surface area contributed by atoms with Crippen molar-refractivity contribution < 1.29 is 0 Å². The van der Waals surface area contributed by atoms with Crippen LogP contribution in [0.15, 0.2) is 29.8 Å². The topological polar surface area (TPSA) is 0 Å². The number of halogens is 3. The van der Waals surface area contributed by atoms with Crippen molar-refractivity contribution in [1.82, 2.24) is 0 Å². The van der Waals surface area contributed by atoms with Gasteiger partial charge in [-0.2, -0.15) is 0 Å². The fraction of sp³-hybridized carbons (Fsp3) is 0.429. The highest BCUT2D eigenvalue weighted by Crippen LogP contribution is 2.27. The lowest BCUT2D eigenvalue weighted by molar-refractivity contribution is 0.710. The molecule has 1 aliphatic rings. The molecule has 0 nitrogen and oxygen atoms in total.